The summed E-state index contributed by atoms with van der Waals surface area (Å²) in [7, 11) is 0. The van der Waals surface area contributed by atoms with Gasteiger partial charge in [-0.3, -0.25) is 4.79 Å². The largest absolute Gasteiger partial charge is 0.339 e. The highest BCUT2D eigenvalue weighted by Crippen LogP contribution is 2.48. The minimum absolute atomic E-state index is 0.0121. The predicted octanol–water partition coefficient (Wildman–Crippen LogP) is 3.12. The number of nitrogens with zero attached hydrogens (tertiary/aromatic N) is 2. The van der Waals surface area contributed by atoms with Crippen molar-refractivity contribution in [1.82, 2.24) is 15.1 Å². The molecule has 1 saturated heterocycles. The summed E-state index contributed by atoms with van der Waals surface area (Å²) in [6, 6.07) is 6.80. The van der Waals surface area contributed by atoms with Gasteiger partial charge in [-0.15, -0.1) is 0 Å². The standard InChI is InChI=1S/C21H28FN3O2/c22-16-8-6-15(7-9-16)18-14-19(18)20(26)24-10-12-25(13-11-24)21(27)23-17-4-2-1-3-5-17/h6-9,17-19H,1-5,10-14H2,(H,23,27). The van der Waals surface area contributed by atoms with E-state index in [1.165, 1.54) is 31.4 Å². The lowest BCUT2D eigenvalue weighted by atomic mass is 9.96. The number of carbonyl (C=O) groups excluding carboxylic acids is 2. The molecule has 0 radical (unpaired) electrons. The minimum Gasteiger partial charge on any atom is -0.339 e. The summed E-state index contributed by atoms with van der Waals surface area (Å²) in [6.45, 7) is 2.39. The fourth-order valence-electron chi connectivity index (χ4n) is 4.42. The van der Waals surface area contributed by atoms with E-state index >= 15 is 0 Å². The normalized spacial score (nSPS) is 26.0. The molecule has 3 fully saturated rings. The maximum absolute atomic E-state index is 13.1. The monoisotopic (exact) mass is 373 g/mol. The van der Waals surface area contributed by atoms with Crippen LogP contribution in [0.25, 0.3) is 0 Å². The number of hydrogen-bond donors (Lipinski definition) is 1. The van der Waals surface area contributed by atoms with Gasteiger partial charge >= 0.3 is 6.03 Å². The second-order valence-electron chi connectivity index (χ2n) is 8.10. The first-order valence-corrected chi connectivity index (χ1v) is 10.2. The predicted molar refractivity (Wildman–Crippen MR) is 101 cm³/mol. The Labute approximate surface area is 159 Å². The molecule has 1 heterocycles. The molecule has 2 atom stereocenters. The Morgan fingerprint density at radius 3 is 2.22 bits per heavy atom. The highest BCUT2D eigenvalue weighted by Gasteiger charge is 2.46. The average Bonchev–Trinajstić information content (AvgIpc) is 3.50. The van der Waals surface area contributed by atoms with Crippen LogP contribution >= 0.6 is 0 Å². The number of carbonyl (C=O) groups is 2. The van der Waals surface area contributed by atoms with E-state index in [-0.39, 0.29) is 29.6 Å². The molecule has 0 spiro atoms. The number of halogens is 1. The van der Waals surface area contributed by atoms with Crippen LogP contribution in [0.2, 0.25) is 0 Å². The minimum atomic E-state index is -0.245. The molecule has 1 aromatic rings. The van der Waals surface area contributed by atoms with Crippen molar-refractivity contribution < 1.29 is 14.0 Å². The molecule has 2 saturated carbocycles. The molecule has 5 nitrogen and oxygen atoms in total. The van der Waals surface area contributed by atoms with Crippen molar-refractivity contribution in [3.05, 3.63) is 35.6 Å². The molecule has 4 rings (SSSR count). The van der Waals surface area contributed by atoms with Gasteiger partial charge in [-0.1, -0.05) is 31.4 Å². The van der Waals surface area contributed by atoms with Crippen LogP contribution in [0.5, 0.6) is 0 Å². The Kier molecular flexibility index (Phi) is 5.32. The summed E-state index contributed by atoms with van der Waals surface area (Å²) in [4.78, 5) is 28.9. The number of piperazine rings is 1. The third-order valence-electron chi connectivity index (χ3n) is 6.22. The summed E-state index contributed by atoms with van der Waals surface area (Å²) in [5.41, 5.74) is 1.04. The molecule has 2 unspecified atom stereocenters. The van der Waals surface area contributed by atoms with E-state index in [4.69, 9.17) is 0 Å². The maximum Gasteiger partial charge on any atom is 0.317 e. The smallest absolute Gasteiger partial charge is 0.317 e. The van der Waals surface area contributed by atoms with Crippen LogP contribution in [0.4, 0.5) is 9.18 Å². The number of urea groups is 1. The molecule has 27 heavy (non-hydrogen) atoms. The SMILES string of the molecule is O=C(NC1CCCCC1)N1CCN(C(=O)C2CC2c2ccc(F)cc2)CC1. The van der Waals surface area contributed by atoms with E-state index < -0.39 is 0 Å². The molecule has 2 aliphatic carbocycles. The van der Waals surface area contributed by atoms with Crippen molar-refractivity contribution in [2.24, 2.45) is 5.92 Å². The molecule has 0 bridgehead atoms. The Morgan fingerprint density at radius 1 is 0.926 bits per heavy atom. The molecule has 6 heteroatoms. The first-order valence-electron chi connectivity index (χ1n) is 10.2. The van der Waals surface area contributed by atoms with Crippen LogP contribution in [-0.4, -0.2) is 54.0 Å². The number of nitrogens with one attached hydrogen (secondary N) is 1. The number of benzene rings is 1. The number of hydrogen-bond acceptors (Lipinski definition) is 2. The summed E-state index contributed by atoms with van der Waals surface area (Å²) < 4.78 is 13.1. The summed E-state index contributed by atoms with van der Waals surface area (Å²) in [5.74, 6) is 0.158. The van der Waals surface area contributed by atoms with E-state index in [2.05, 4.69) is 5.32 Å². The Balaban J connectivity index is 1.24. The van der Waals surface area contributed by atoms with Gasteiger partial charge in [-0.25, -0.2) is 9.18 Å². The molecule has 0 aromatic heterocycles. The van der Waals surface area contributed by atoms with Gasteiger partial charge in [-0.2, -0.15) is 0 Å². The van der Waals surface area contributed by atoms with Crippen molar-refractivity contribution in [3.8, 4) is 0 Å². The summed E-state index contributed by atoms with van der Waals surface area (Å²) in [6.07, 6.45) is 6.67. The highest BCUT2D eigenvalue weighted by atomic mass is 19.1. The van der Waals surface area contributed by atoms with Gasteiger partial charge < -0.3 is 15.1 Å². The van der Waals surface area contributed by atoms with Gasteiger partial charge in [0.1, 0.15) is 5.82 Å². The lowest BCUT2D eigenvalue weighted by molar-refractivity contribution is -0.134. The van der Waals surface area contributed by atoms with Crippen molar-refractivity contribution in [1.29, 1.82) is 0 Å². The lowest BCUT2D eigenvalue weighted by Crippen LogP contribution is -2.55. The van der Waals surface area contributed by atoms with Gasteiger partial charge in [0, 0.05) is 38.1 Å². The third-order valence-corrected chi connectivity index (χ3v) is 6.22. The molecular weight excluding hydrogens is 345 g/mol. The summed E-state index contributed by atoms with van der Waals surface area (Å²) in [5, 5.41) is 3.15. The van der Waals surface area contributed by atoms with Crippen molar-refractivity contribution in [3.63, 3.8) is 0 Å². The molecule has 1 N–H and O–H groups in total. The van der Waals surface area contributed by atoms with E-state index in [0.717, 1.165) is 24.8 Å². The average molecular weight is 373 g/mol. The van der Waals surface area contributed by atoms with Gasteiger partial charge in [0.2, 0.25) is 5.91 Å². The van der Waals surface area contributed by atoms with Gasteiger partial charge in [0.25, 0.3) is 0 Å². The van der Waals surface area contributed by atoms with Crippen molar-refractivity contribution >= 4 is 11.9 Å². The van der Waals surface area contributed by atoms with Crippen LogP contribution in [0.3, 0.4) is 0 Å². The molecule has 1 aromatic carbocycles. The van der Waals surface area contributed by atoms with E-state index in [9.17, 15) is 14.0 Å². The number of amides is 3. The Bertz CT molecular complexity index is 679. The second-order valence-corrected chi connectivity index (χ2v) is 8.10. The van der Waals surface area contributed by atoms with Crippen molar-refractivity contribution in [2.75, 3.05) is 26.2 Å². The fraction of sp³-hybridized carbons (Fsp3) is 0.619. The maximum atomic E-state index is 13.1. The van der Waals surface area contributed by atoms with Crippen LogP contribution < -0.4 is 5.32 Å². The highest BCUT2D eigenvalue weighted by molar-refractivity contribution is 5.83. The topological polar surface area (TPSA) is 52.7 Å². The van der Waals surface area contributed by atoms with E-state index in [1.807, 2.05) is 9.80 Å². The molecule has 146 valence electrons. The fourth-order valence-corrected chi connectivity index (χ4v) is 4.42. The third kappa shape index (κ3) is 4.25. The Morgan fingerprint density at radius 2 is 1.56 bits per heavy atom. The Hall–Kier alpha value is -2.11. The lowest BCUT2D eigenvalue weighted by Gasteiger charge is -2.36. The zero-order valence-corrected chi connectivity index (χ0v) is 15.7. The van der Waals surface area contributed by atoms with Crippen LogP contribution in [0.15, 0.2) is 24.3 Å². The van der Waals surface area contributed by atoms with E-state index in [1.54, 1.807) is 12.1 Å². The molecule has 3 aliphatic rings. The summed E-state index contributed by atoms with van der Waals surface area (Å²) >= 11 is 0. The second kappa shape index (κ2) is 7.87. The quantitative estimate of drug-likeness (QED) is 0.885. The first kappa shape index (κ1) is 18.3. The van der Waals surface area contributed by atoms with Gasteiger partial charge in [0.15, 0.2) is 0 Å². The van der Waals surface area contributed by atoms with Crippen LogP contribution in [0.1, 0.15) is 50.0 Å². The molecule has 1 aliphatic heterocycles. The zero-order valence-electron chi connectivity index (χ0n) is 15.7. The van der Waals surface area contributed by atoms with Gasteiger partial charge in [0.05, 0.1) is 0 Å². The molecule has 3 amide bonds. The van der Waals surface area contributed by atoms with Crippen LogP contribution in [-0.2, 0) is 4.79 Å². The zero-order chi connectivity index (χ0) is 18.8. The molecular formula is C21H28FN3O2. The van der Waals surface area contributed by atoms with Gasteiger partial charge in [-0.05, 0) is 42.9 Å². The van der Waals surface area contributed by atoms with Crippen molar-refractivity contribution in [2.45, 2.75) is 50.5 Å². The number of rotatable bonds is 3. The first-order chi connectivity index (χ1) is 13.1. The van der Waals surface area contributed by atoms with E-state index in [0.29, 0.717) is 32.2 Å². The van der Waals surface area contributed by atoms with Crippen LogP contribution in [0, 0.1) is 11.7 Å².